The lowest BCUT2D eigenvalue weighted by Gasteiger charge is -2.15. The van der Waals surface area contributed by atoms with E-state index < -0.39 is 0 Å². The van der Waals surface area contributed by atoms with Crippen LogP contribution in [0.4, 0.5) is 0 Å². The Bertz CT molecular complexity index is 374. The van der Waals surface area contributed by atoms with E-state index in [4.69, 9.17) is 0 Å². The third-order valence-corrected chi connectivity index (χ3v) is 4.84. The normalized spacial score (nSPS) is 12.0. The molecular weight excluding hydrogens is 287 g/mol. The molecule has 124 valence electrons. The van der Waals surface area contributed by atoms with Gasteiger partial charge in [-0.3, -0.25) is 4.98 Å². The molecule has 22 heavy (non-hydrogen) atoms. The number of allylic oxidation sites excluding steroid dienone is 2. The molecule has 1 aromatic rings. The second kappa shape index (κ2) is 13.7. The zero-order valence-electron chi connectivity index (χ0n) is 14.8. The predicted octanol–water partition coefficient (Wildman–Crippen LogP) is 5.20. The van der Waals surface area contributed by atoms with Crippen LogP contribution < -0.4 is 0 Å². The first-order valence-corrected chi connectivity index (χ1v) is 9.18. The van der Waals surface area contributed by atoms with Gasteiger partial charge in [0, 0.05) is 12.4 Å². The van der Waals surface area contributed by atoms with Crippen LogP contribution in [0, 0.1) is 5.92 Å². The number of aromatic nitrogens is 1. The van der Waals surface area contributed by atoms with E-state index in [9.17, 15) is 0 Å². The van der Waals surface area contributed by atoms with Crippen molar-refractivity contribution in [1.29, 1.82) is 0 Å². The highest BCUT2D eigenvalue weighted by atomic mass is 31.1. The van der Waals surface area contributed by atoms with Crippen LogP contribution in [0.5, 0.6) is 0 Å². The summed E-state index contributed by atoms with van der Waals surface area (Å²) in [5, 5.41) is 1.42. The summed E-state index contributed by atoms with van der Waals surface area (Å²) in [6, 6.07) is 5.72. The van der Waals surface area contributed by atoms with E-state index in [1.165, 1.54) is 30.0 Å². The first kappa shape index (κ1) is 21.0. The maximum absolute atomic E-state index is 4.15. The Morgan fingerprint density at radius 2 is 1.77 bits per heavy atom. The Kier molecular flexibility index (Phi) is 13.1. The van der Waals surface area contributed by atoms with E-state index in [0.717, 1.165) is 27.3 Å². The molecule has 1 aromatic heterocycles. The largest absolute Gasteiger partial charge is 0.309 e. The number of nitrogens with zero attached hydrogens (tertiary/aromatic N) is 2. The molecule has 0 saturated heterocycles. The van der Waals surface area contributed by atoms with Crippen molar-refractivity contribution in [2.45, 2.75) is 33.1 Å². The topological polar surface area (TPSA) is 16.1 Å². The quantitative estimate of drug-likeness (QED) is 0.459. The van der Waals surface area contributed by atoms with E-state index in [-0.39, 0.29) is 0 Å². The highest BCUT2D eigenvalue weighted by molar-refractivity contribution is 7.43. The molecule has 3 heteroatoms. The molecule has 0 aliphatic rings. The van der Waals surface area contributed by atoms with Crippen molar-refractivity contribution >= 4 is 8.58 Å². The van der Waals surface area contributed by atoms with Gasteiger partial charge in [-0.15, -0.1) is 6.58 Å². The third kappa shape index (κ3) is 15.4. The second-order valence-electron chi connectivity index (χ2n) is 6.16. The maximum Gasteiger partial charge on any atom is 0.0267 e. The summed E-state index contributed by atoms with van der Waals surface area (Å²) < 4.78 is 0. The molecule has 0 amide bonds. The summed E-state index contributed by atoms with van der Waals surface area (Å²) in [5.74, 6) is 0.822. The van der Waals surface area contributed by atoms with Crippen molar-refractivity contribution < 1.29 is 0 Å². The van der Waals surface area contributed by atoms with Crippen LogP contribution >= 0.6 is 8.58 Å². The van der Waals surface area contributed by atoms with E-state index in [1.807, 2.05) is 18.2 Å². The molecule has 0 radical (unpaired) electrons. The summed E-state index contributed by atoms with van der Waals surface area (Å²) >= 11 is 0. The summed E-state index contributed by atoms with van der Waals surface area (Å²) in [7, 11) is 5.21. The second-order valence-corrected chi connectivity index (χ2v) is 7.63. The SMILES string of the molecule is C=C(C)CCC(=C)PC[C@H](C)CCN(C)C.c1ccncc1. The lowest BCUT2D eigenvalue weighted by Crippen LogP contribution is -2.16. The average Bonchev–Trinajstić information content (AvgIpc) is 2.51. The summed E-state index contributed by atoms with van der Waals surface area (Å²) in [5.41, 5.74) is 1.27. The van der Waals surface area contributed by atoms with Crippen molar-refractivity contribution in [2.75, 3.05) is 26.8 Å². The standard InChI is InChI=1S/C14H28NP.C5H5N/c1-12(2)7-8-14(4)16-11-13(3)9-10-15(5)6;1-2-4-6-5-3-1/h13,16H,1,4,7-11H2,2-3,5-6H3;1-5H/t13-;/m1./s1. The van der Waals surface area contributed by atoms with Crippen LogP contribution in [-0.4, -0.2) is 36.7 Å². The molecule has 0 N–H and O–H groups in total. The summed E-state index contributed by atoms with van der Waals surface area (Å²) in [4.78, 5) is 6.04. The van der Waals surface area contributed by atoms with Gasteiger partial charge in [0.15, 0.2) is 0 Å². The molecule has 0 saturated carbocycles. The lowest BCUT2D eigenvalue weighted by atomic mass is 10.1. The van der Waals surface area contributed by atoms with Gasteiger partial charge in [-0.1, -0.05) is 39.0 Å². The highest BCUT2D eigenvalue weighted by Crippen LogP contribution is 2.30. The van der Waals surface area contributed by atoms with Crippen LogP contribution in [0.15, 0.2) is 54.6 Å². The van der Waals surface area contributed by atoms with Crippen molar-refractivity contribution in [3.63, 3.8) is 0 Å². The van der Waals surface area contributed by atoms with E-state index in [2.05, 4.69) is 51.0 Å². The molecule has 2 nitrogen and oxygen atoms in total. The average molecular weight is 320 g/mol. The molecule has 0 aliphatic heterocycles. The molecule has 1 unspecified atom stereocenters. The minimum absolute atomic E-state index is 0.822. The molecular formula is C19H33N2P. The smallest absolute Gasteiger partial charge is 0.0267 e. The highest BCUT2D eigenvalue weighted by Gasteiger charge is 2.04. The fourth-order valence-corrected chi connectivity index (χ4v) is 2.81. The Hall–Kier alpha value is -0.980. The van der Waals surface area contributed by atoms with Gasteiger partial charge >= 0.3 is 0 Å². The Balaban J connectivity index is 0.000000604. The van der Waals surface area contributed by atoms with Gasteiger partial charge in [0.2, 0.25) is 0 Å². The molecule has 0 spiro atoms. The van der Waals surface area contributed by atoms with Crippen LogP contribution in [-0.2, 0) is 0 Å². The molecule has 1 heterocycles. The monoisotopic (exact) mass is 320 g/mol. The minimum atomic E-state index is 0.822. The molecule has 0 aliphatic carbocycles. The predicted molar refractivity (Wildman–Crippen MR) is 103 cm³/mol. The van der Waals surface area contributed by atoms with E-state index in [1.54, 1.807) is 12.4 Å². The van der Waals surface area contributed by atoms with E-state index >= 15 is 0 Å². The zero-order valence-corrected chi connectivity index (χ0v) is 15.8. The van der Waals surface area contributed by atoms with Crippen molar-refractivity contribution in [1.82, 2.24) is 9.88 Å². The van der Waals surface area contributed by atoms with Crippen LogP contribution in [0.1, 0.15) is 33.1 Å². The van der Waals surface area contributed by atoms with Gasteiger partial charge < -0.3 is 4.90 Å². The number of hydrogen-bond acceptors (Lipinski definition) is 2. The Morgan fingerprint density at radius 1 is 1.14 bits per heavy atom. The summed E-state index contributed by atoms with van der Waals surface area (Å²) in [6.07, 6.45) is 8.35. The van der Waals surface area contributed by atoms with Gasteiger partial charge in [-0.2, -0.15) is 0 Å². The first-order valence-electron chi connectivity index (χ1n) is 7.97. The van der Waals surface area contributed by atoms with Crippen LogP contribution in [0.25, 0.3) is 0 Å². The summed E-state index contributed by atoms with van der Waals surface area (Å²) in [6.45, 7) is 13.7. The molecule has 2 atom stereocenters. The van der Waals surface area contributed by atoms with Crippen LogP contribution in [0.3, 0.4) is 0 Å². The molecule has 0 aromatic carbocycles. The number of hydrogen-bond donors (Lipinski definition) is 0. The maximum atomic E-state index is 4.15. The van der Waals surface area contributed by atoms with Crippen LogP contribution in [0.2, 0.25) is 0 Å². The van der Waals surface area contributed by atoms with Gasteiger partial charge in [0.05, 0.1) is 0 Å². The lowest BCUT2D eigenvalue weighted by molar-refractivity contribution is 0.371. The Morgan fingerprint density at radius 3 is 2.18 bits per heavy atom. The fraction of sp³-hybridized carbons (Fsp3) is 0.526. The zero-order chi connectivity index (χ0) is 16.8. The number of rotatable bonds is 9. The Labute approximate surface area is 139 Å². The first-order chi connectivity index (χ1) is 10.4. The minimum Gasteiger partial charge on any atom is -0.309 e. The van der Waals surface area contributed by atoms with Crippen molar-refractivity contribution in [2.24, 2.45) is 5.92 Å². The van der Waals surface area contributed by atoms with Gasteiger partial charge in [0.1, 0.15) is 0 Å². The van der Waals surface area contributed by atoms with Crippen molar-refractivity contribution in [3.8, 4) is 0 Å². The number of pyridine rings is 1. The fourth-order valence-electron chi connectivity index (χ4n) is 1.66. The van der Waals surface area contributed by atoms with E-state index in [0.29, 0.717) is 0 Å². The van der Waals surface area contributed by atoms with Crippen molar-refractivity contribution in [3.05, 3.63) is 54.6 Å². The molecule has 1 rings (SSSR count). The van der Waals surface area contributed by atoms with Gasteiger partial charge in [-0.25, -0.2) is 0 Å². The van der Waals surface area contributed by atoms with Gasteiger partial charge in [0.25, 0.3) is 0 Å². The molecule has 0 fully saturated rings. The third-order valence-electron chi connectivity index (χ3n) is 3.19. The van der Waals surface area contributed by atoms with Gasteiger partial charge in [-0.05, 0) is 71.0 Å². The molecule has 0 bridgehead atoms.